The van der Waals surface area contributed by atoms with Crippen molar-refractivity contribution in [3.8, 4) is 5.75 Å². The highest BCUT2D eigenvalue weighted by molar-refractivity contribution is 5.77. The number of benzene rings is 1. The van der Waals surface area contributed by atoms with Crippen molar-refractivity contribution in [2.45, 2.75) is 59.3 Å². The predicted molar refractivity (Wildman–Crippen MR) is 89.4 cm³/mol. The van der Waals surface area contributed by atoms with Crippen LogP contribution < -0.4 is 4.74 Å². The number of ether oxygens (including phenoxy) is 1. The van der Waals surface area contributed by atoms with Gasteiger partial charge in [0.25, 0.3) is 0 Å². The van der Waals surface area contributed by atoms with Gasteiger partial charge in [0, 0.05) is 19.3 Å². The molecule has 0 fully saturated rings. The molecule has 0 aliphatic rings. The molecular weight excluding hydrogens is 292 g/mol. The summed E-state index contributed by atoms with van der Waals surface area (Å²) in [5.74, 6) is 1.01. The fourth-order valence-electron chi connectivity index (χ4n) is 2.47. The first kappa shape index (κ1) is 19.1. The topological polar surface area (TPSA) is 60.4 Å². The van der Waals surface area contributed by atoms with Crippen molar-refractivity contribution in [2.24, 2.45) is 0 Å². The van der Waals surface area contributed by atoms with E-state index in [-0.39, 0.29) is 17.3 Å². The fraction of sp³-hybridized carbons (Fsp3) is 0.474. The molecule has 1 rings (SSSR count). The number of carbonyl (C=O) groups is 3. The smallest absolute Gasteiger partial charge is 0.130 e. The van der Waals surface area contributed by atoms with E-state index >= 15 is 0 Å². The van der Waals surface area contributed by atoms with Crippen molar-refractivity contribution in [3.05, 3.63) is 35.9 Å². The Morgan fingerprint density at radius 3 is 1.57 bits per heavy atom. The first-order chi connectivity index (χ1) is 10.8. The molecule has 0 saturated heterocycles. The van der Waals surface area contributed by atoms with Gasteiger partial charge < -0.3 is 19.1 Å². The highest BCUT2D eigenvalue weighted by Gasteiger charge is 2.13. The van der Waals surface area contributed by atoms with Crippen LogP contribution in [0.3, 0.4) is 0 Å². The standard InChI is InChI=1S/C19H25O4/c1-13(20)5-8-16-11-17(9-6-14(2)21)19(23-4)18(12-16)10-7-15(3)22/h11-12H,4-10H2,1-3H3. The summed E-state index contributed by atoms with van der Waals surface area (Å²) in [6.07, 6.45) is 3.12. The third-order valence-corrected chi connectivity index (χ3v) is 3.71. The summed E-state index contributed by atoms with van der Waals surface area (Å²) < 4.78 is 5.28. The molecule has 23 heavy (non-hydrogen) atoms. The molecule has 0 heterocycles. The Labute approximate surface area is 138 Å². The minimum absolute atomic E-state index is 0.111. The molecule has 0 bridgehead atoms. The van der Waals surface area contributed by atoms with Crippen LogP contribution in [-0.2, 0) is 33.6 Å². The Morgan fingerprint density at radius 2 is 1.22 bits per heavy atom. The van der Waals surface area contributed by atoms with Crippen LogP contribution in [0.15, 0.2) is 12.1 Å². The minimum atomic E-state index is 0.111. The van der Waals surface area contributed by atoms with Crippen molar-refractivity contribution in [1.82, 2.24) is 0 Å². The second-order valence-corrected chi connectivity index (χ2v) is 5.99. The number of rotatable bonds is 10. The lowest BCUT2D eigenvalue weighted by molar-refractivity contribution is -0.117. The van der Waals surface area contributed by atoms with Crippen molar-refractivity contribution in [1.29, 1.82) is 0 Å². The third kappa shape index (κ3) is 6.76. The number of hydrogen-bond donors (Lipinski definition) is 0. The number of Topliss-reactive ketones (excluding diaryl/α,β-unsaturated/α-hetero) is 3. The number of carbonyl (C=O) groups excluding carboxylic acids is 3. The summed E-state index contributed by atoms with van der Waals surface area (Å²) >= 11 is 0. The van der Waals surface area contributed by atoms with Crippen LogP contribution in [0.2, 0.25) is 0 Å². The zero-order chi connectivity index (χ0) is 17.4. The Kier molecular flexibility index (Phi) is 7.66. The van der Waals surface area contributed by atoms with Gasteiger partial charge in [-0.15, -0.1) is 0 Å². The lowest BCUT2D eigenvalue weighted by Gasteiger charge is -2.15. The number of aryl methyl sites for hydroxylation is 3. The van der Waals surface area contributed by atoms with Crippen LogP contribution in [0, 0.1) is 7.11 Å². The lowest BCUT2D eigenvalue weighted by atomic mass is 9.94. The summed E-state index contributed by atoms with van der Waals surface area (Å²) in [7, 11) is 3.51. The van der Waals surface area contributed by atoms with Gasteiger partial charge in [0.05, 0.1) is 0 Å². The second-order valence-electron chi connectivity index (χ2n) is 5.99. The third-order valence-electron chi connectivity index (χ3n) is 3.71. The first-order valence-corrected chi connectivity index (χ1v) is 7.88. The van der Waals surface area contributed by atoms with Crippen LogP contribution in [0.1, 0.15) is 56.7 Å². The fourth-order valence-corrected chi connectivity index (χ4v) is 2.47. The van der Waals surface area contributed by atoms with Gasteiger partial charge in [-0.05, 0) is 56.7 Å². The van der Waals surface area contributed by atoms with Crippen molar-refractivity contribution in [3.63, 3.8) is 0 Å². The highest BCUT2D eigenvalue weighted by atomic mass is 16.5. The van der Waals surface area contributed by atoms with Crippen LogP contribution in [0.5, 0.6) is 5.75 Å². The molecule has 0 atom stereocenters. The van der Waals surface area contributed by atoms with Gasteiger partial charge in [-0.3, -0.25) is 0 Å². The average molecular weight is 317 g/mol. The molecule has 0 amide bonds. The summed E-state index contributed by atoms with van der Waals surface area (Å²) in [5, 5.41) is 0. The molecule has 4 nitrogen and oxygen atoms in total. The van der Waals surface area contributed by atoms with Crippen molar-refractivity contribution < 1.29 is 19.1 Å². The molecule has 0 aliphatic carbocycles. The van der Waals surface area contributed by atoms with E-state index in [4.69, 9.17) is 4.74 Å². The van der Waals surface area contributed by atoms with E-state index in [9.17, 15) is 14.4 Å². The van der Waals surface area contributed by atoms with Crippen molar-refractivity contribution in [2.75, 3.05) is 0 Å². The monoisotopic (exact) mass is 317 g/mol. The molecule has 4 heteroatoms. The molecule has 0 unspecified atom stereocenters. The van der Waals surface area contributed by atoms with E-state index in [1.165, 1.54) is 0 Å². The Hall–Kier alpha value is -1.97. The summed E-state index contributed by atoms with van der Waals surface area (Å²) in [6.45, 7) is 4.68. The Balaban J connectivity index is 3.13. The average Bonchev–Trinajstić information content (AvgIpc) is 2.48. The molecular formula is C19H25O4. The molecule has 1 radical (unpaired) electrons. The lowest BCUT2D eigenvalue weighted by Crippen LogP contribution is -2.04. The van der Waals surface area contributed by atoms with Gasteiger partial charge in [0.2, 0.25) is 0 Å². The van der Waals surface area contributed by atoms with Crippen molar-refractivity contribution >= 4 is 17.3 Å². The van der Waals surface area contributed by atoms with Gasteiger partial charge >= 0.3 is 0 Å². The molecule has 1 aromatic rings. The van der Waals surface area contributed by atoms with E-state index in [1.54, 1.807) is 20.8 Å². The highest BCUT2D eigenvalue weighted by Crippen LogP contribution is 2.29. The van der Waals surface area contributed by atoms with Gasteiger partial charge in [-0.1, -0.05) is 12.1 Å². The van der Waals surface area contributed by atoms with E-state index in [2.05, 4.69) is 7.11 Å². The first-order valence-electron chi connectivity index (χ1n) is 7.88. The molecule has 125 valence electrons. The van der Waals surface area contributed by atoms with Crippen LogP contribution in [-0.4, -0.2) is 17.3 Å². The van der Waals surface area contributed by atoms with E-state index in [1.807, 2.05) is 12.1 Å². The van der Waals surface area contributed by atoms with E-state index in [0.29, 0.717) is 44.3 Å². The molecule has 0 aromatic heterocycles. The number of hydrogen-bond acceptors (Lipinski definition) is 4. The summed E-state index contributed by atoms with van der Waals surface area (Å²) in [4.78, 5) is 33.8. The Bertz CT molecular complexity index is 548. The van der Waals surface area contributed by atoms with Gasteiger partial charge in [0.1, 0.15) is 30.2 Å². The molecule has 1 aromatic carbocycles. The normalized spacial score (nSPS) is 10.4. The maximum atomic E-state index is 11.3. The molecule has 0 aliphatic heterocycles. The summed E-state index contributed by atoms with van der Waals surface area (Å²) in [6, 6.07) is 3.95. The minimum Gasteiger partial charge on any atom is -0.489 e. The van der Waals surface area contributed by atoms with Gasteiger partial charge in [0.15, 0.2) is 0 Å². The van der Waals surface area contributed by atoms with Gasteiger partial charge in [-0.2, -0.15) is 0 Å². The zero-order valence-electron chi connectivity index (χ0n) is 14.2. The predicted octanol–water partition coefficient (Wildman–Crippen LogP) is 3.42. The van der Waals surface area contributed by atoms with Crippen LogP contribution >= 0.6 is 0 Å². The largest absolute Gasteiger partial charge is 0.489 e. The second kappa shape index (κ2) is 9.23. The maximum absolute atomic E-state index is 11.3. The Morgan fingerprint density at radius 1 is 0.826 bits per heavy atom. The quantitative estimate of drug-likeness (QED) is 0.663. The van der Waals surface area contributed by atoms with E-state index in [0.717, 1.165) is 16.7 Å². The van der Waals surface area contributed by atoms with Crippen LogP contribution in [0.4, 0.5) is 0 Å². The number of ketones is 3. The zero-order valence-corrected chi connectivity index (χ0v) is 14.2. The molecule has 0 saturated carbocycles. The summed E-state index contributed by atoms with van der Waals surface area (Å²) in [5.41, 5.74) is 2.85. The van der Waals surface area contributed by atoms with E-state index < -0.39 is 0 Å². The SMILES string of the molecule is [CH2]Oc1c(CCC(C)=O)cc(CCC(C)=O)cc1CCC(C)=O. The maximum Gasteiger partial charge on any atom is 0.130 e. The molecule has 0 spiro atoms. The molecule has 0 N–H and O–H groups in total. The van der Waals surface area contributed by atoms with Gasteiger partial charge in [-0.25, -0.2) is 0 Å². The van der Waals surface area contributed by atoms with Crippen LogP contribution in [0.25, 0.3) is 0 Å².